The van der Waals surface area contributed by atoms with Crippen molar-refractivity contribution in [2.75, 3.05) is 5.73 Å². The molecule has 3 nitrogen and oxygen atoms in total. The molecule has 0 amide bonds. The lowest BCUT2D eigenvalue weighted by molar-refractivity contribution is 0.628. The van der Waals surface area contributed by atoms with Crippen LogP contribution in [-0.4, -0.2) is 0 Å². The molecule has 0 spiro atoms. The number of halogens is 1. The van der Waals surface area contributed by atoms with Crippen LogP contribution in [0.4, 0.5) is 21.5 Å². The van der Waals surface area contributed by atoms with Crippen LogP contribution in [0.5, 0.6) is 0 Å². The zero-order valence-electron chi connectivity index (χ0n) is 9.39. The number of hydrogen-bond donors (Lipinski definition) is 1. The highest BCUT2D eigenvalue weighted by Gasteiger charge is 1.97. The Morgan fingerprint density at radius 2 is 1.71 bits per heavy atom. The van der Waals surface area contributed by atoms with Crippen LogP contribution in [0.3, 0.4) is 0 Å². The lowest BCUT2D eigenvalue weighted by atomic mass is 10.2. The standard InChI is InChI=1S/C13H12FN3/c1-9-8-11(15)4-7-13(9)17-16-12-5-2-10(14)3-6-12/h2-8H,15H2,1H3. The summed E-state index contributed by atoms with van der Waals surface area (Å²) in [5.74, 6) is -0.285. The average Bonchev–Trinajstić information content (AvgIpc) is 2.30. The molecule has 0 aliphatic carbocycles. The summed E-state index contributed by atoms with van der Waals surface area (Å²) in [7, 11) is 0. The minimum Gasteiger partial charge on any atom is -0.399 e. The second kappa shape index (κ2) is 4.74. The van der Waals surface area contributed by atoms with Crippen molar-refractivity contribution >= 4 is 17.1 Å². The van der Waals surface area contributed by atoms with Crippen molar-refractivity contribution in [2.24, 2.45) is 10.2 Å². The molecule has 0 aliphatic rings. The van der Waals surface area contributed by atoms with Gasteiger partial charge in [-0.3, -0.25) is 0 Å². The highest BCUT2D eigenvalue weighted by molar-refractivity contribution is 5.54. The molecule has 0 aromatic heterocycles. The number of benzene rings is 2. The fraction of sp³-hybridized carbons (Fsp3) is 0.0769. The van der Waals surface area contributed by atoms with Gasteiger partial charge in [-0.15, -0.1) is 0 Å². The third-order valence-electron chi connectivity index (χ3n) is 2.32. The van der Waals surface area contributed by atoms with Gasteiger partial charge in [-0.25, -0.2) is 4.39 Å². The molecule has 0 unspecified atom stereocenters. The van der Waals surface area contributed by atoms with Gasteiger partial charge in [0, 0.05) is 5.69 Å². The molecule has 2 aromatic carbocycles. The van der Waals surface area contributed by atoms with E-state index in [0.29, 0.717) is 11.4 Å². The summed E-state index contributed by atoms with van der Waals surface area (Å²) in [5.41, 5.74) is 8.66. The van der Waals surface area contributed by atoms with Crippen molar-refractivity contribution in [3.63, 3.8) is 0 Å². The van der Waals surface area contributed by atoms with Crippen molar-refractivity contribution < 1.29 is 4.39 Å². The summed E-state index contributed by atoms with van der Waals surface area (Å²) in [6.45, 7) is 1.91. The molecule has 0 aliphatic heterocycles. The van der Waals surface area contributed by atoms with E-state index in [1.165, 1.54) is 12.1 Å². The SMILES string of the molecule is Cc1cc(N)ccc1N=Nc1ccc(F)cc1. The first-order chi connectivity index (χ1) is 8.15. The Balaban J connectivity index is 2.23. The Morgan fingerprint density at radius 1 is 1.00 bits per heavy atom. The van der Waals surface area contributed by atoms with E-state index in [2.05, 4.69) is 10.2 Å². The number of azo groups is 1. The van der Waals surface area contributed by atoms with Crippen LogP contribution in [0.1, 0.15) is 5.56 Å². The average molecular weight is 229 g/mol. The second-order valence-electron chi connectivity index (χ2n) is 3.72. The molecule has 4 heteroatoms. The molecule has 0 radical (unpaired) electrons. The predicted molar refractivity (Wildman–Crippen MR) is 66.2 cm³/mol. The van der Waals surface area contributed by atoms with Crippen LogP contribution >= 0.6 is 0 Å². The van der Waals surface area contributed by atoms with Gasteiger partial charge in [0.05, 0.1) is 11.4 Å². The Bertz CT molecular complexity index is 547. The Morgan fingerprint density at radius 3 is 2.35 bits per heavy atom. The lowest BCUT2D eigenvalue weighted by Gasteiger charge is -1.99. The monoisotopic (exact) mass is 229 g/mol. The topological polar surface area (TPSA) is 50.7 Å². The third-order valence-corrected chi connectivity index (χ3v) is 2.32. The van der Waals surface area contributed by atoms with E-state index in [9.17, 15) is 4.39 Å². The van der Waals surface area contributed by atoms with E-state index in [1.54, 1.807) is 24.3 Å². The number of hydrogen-bond acceptors (Lipinski definition) is 3. The Hall–Kier alpha value is -2.23. The molecular formula is C13H12FN3. The van der Waals surface area contributed by atoms with Gasteiger partial charge in [0.1, 0.15) is 5.82 Å². The molecular weight excluding hydrogens is 217 g/mol. The highest BCUT2D eigenvalue weighted by atomic mass is 19.1. The number of nitrogen functional groups attached to an aromatic ring is 1. The quantitative estimate of drug-likeness (QED) is 0.610. The third kappa shape index (κ3) is 2.87. The minimum atomic E-state index is -0.285. The molecule has 0 saturated heterocycles. The van der Waals surface area contributed by atoms with E-state index >= 15 is 0 Å². The van der Waals surface area contributed by atoms with Gasteiger partial charge in [0.25, 0.3) is 0 Å². The molecule has 2 rings (SSSR count). The van der Waals surface area contributed by atoms with Gasteiger partial charge in [-0.05, 0) is 55.0 Å². The maximum Gasteiger partial charge on any atom is 0.123 e. The fourth-order valence-electron chi connectivity index (χ4n) is 1.41. The molecule has 0 atom stereocenters. The fourth-order valence-corrected chi connectivity index (χ4v) is 1.41. The molecule has 0 saturated carbocycles. The van der Waals surface area contributed by atoms with Gasteiger partial charge in [0.15, 0.2) is 0 Å². The largest absolute Gasteiger partial charge is 0.399 e. The van der Waals surface area contributed by atoms with Gasteiger partial charge in [-0.2, -0.15) is 10.2 Å². The van der Waals surface area contributed by atoms with Crippen molar-refractivity contribution in [1.29, 1.82) is 0 Å². The van der Waals surface area contributed by atoms with Crippen molar-refractivity contribution in [3.8, 4) is 0 Å². The molecule has 0 heterocycles. The zero-order valence-corrected chi connectivity index (χ0v) is 9.39. The molecule has 2 N–H and O–H groups in total. The number of rotatable bonds is 2. The maximum absolute atomic E-state index is 12.7. The molecule has 2 aromatic rings. The number of nitrogens with two attached hydrogens (primary N) is 1. The summed E-state index contributed by atoms with van der Waals surface area (Å²) >= 11 is 0. The van der Waals surface area contributed by atoms with Crippen LogP contribution in [0, 0.1) is 12.7 Å². The van der Waals surface area contributed by atoms with Crippen LogP contribution in [0.15, 0.2) is 52.7 Å². The summed E-state index contributed by atoms with van der Waals surface area (Å²) < 4.78 is 12.7. The van der Waals surface area contributed by atoms with Gasteiger partial charge in [0.2, 0.25) is 0 Å². The van der Waals surface area contributed by atoms with Gasteiger partial charge in [-0.1, -0.05) is 0 Å². The first-order valence-corrected chi connectivity index (χ1v) is 5.18. The Kier molecular flexibility index (Phi) is 3.14. The van der Waals surface area contributed by atoms with E-state index in [1.807, 2.05) is 13.0 Å². The molecule has 86 valence electrons. The summed E-state index contributed by atoms with van der Waals surface area (Å²) in [6, 6.07) is 11.3. The smallest absolute Gasteiger partial charge is 0.123 e. The first-order valence-electron chi connectivity index (χ1n) is 5.18. The van der Waals surface area contributed by atoms with Gasteiger partial charge < -0.3 is 5.73 Å². The normalized spacial score (nSPS) is 10.9. The van der Waals surface area contributed by atoms with Crippen LogP contribution < -0.4 is 5.73 Å². The zero-order chi connectivity index (χ0) is 12.3. The second-order valence-corrected chi connectivity index (χ2v) is 3.72. The molecule has 0 fully saturated rings. The van der Waals surface area contributed by atoms with E-state index in [0.717, 1.165) is 11.3 Å². The predicted octanol–water partition coefficient (Wildman–Crippen LogP) is 4.13. The molecule has 17 heavy (non-hydrogen) atoms. The summed E-state index contributed by atoms with van der Waals surface area (Å²) in [6.07, 6.45) is 0. The van der Waals surface area contributed by atoms with E-state index in [-0.39, 0.29) is 5.82 Å². The van der Waals surface area contributed by atoms with Crippen LogP contribution in [0.2, 0.25) is 0 Å². The highest BCUT2D eigenvalue weighted by Crippen LogP contribution is 2.23. The van der Waals surface area contributed by atoms with Crippen LogP contribution in [0.25, 0.3) is 0 Å². The summed E-state index contributed by atoms with van der Waals surface area (Å²) in [5, 5.41) is 8.12. The molecule has 0 bridgehead atoms. The maximum atomic E-state index is 12.7. The first kappa shape index (κ1) is 11.3. The lowest BCUT2D eigenvalue weighted by Crippen LogP contribution is -1.84. The minimum absolute atomic E-state index is 0.285. The van der Waals surface area contributed by atoms with Crippen molar-refractivity contribution in [1.82, 2.24) is 0 Å². The van der Waals surface area contributed by atoms with Crippen molar-refractivity contribution in [2.45, 2.75) is 6.92 Å². The van der Waals surface area contributed by atoms with Gasteiger partial charge >= 0.3 is 0 Å². The summed E-state index contributed by atoms with van der Waals surface area (Å²) in [4.78, 5) is 0. The van der Waals surface area contributed by atoms with E-state index in [4.69, 9.17) is 5.73 Å². The van der Waals surface area contributed by atoms with E-state index < -0.39 is 0 Å². The number of aryl methyl sites for hydroxylation is 1. The number of anilines is 1. The Labute approximate surface area is 98.8 Å². The van der Waals surface area contributed by atoms with Crippen molar-refractivity contribution in [3.05, 3.63) is 53.8 Å². The van der Waals surface area contributed by atoms with Crippen LogP contribution in [-0.2, 0) is 0 Å². The number of nitrogens with zero attached hydrogens (tertiary/aromatic N) is 2.